The molecule has 0 aromatic heterocycles. The lowest BCUT2D eigenvalue weighted by Gasteiger charge is -2.20. The highest BCUT2D eigenvalue weighted by molar-refractivity contribution is 5.51. The van der Waals surface area contributed by atoms with Gasteiger partial charge < -0.3 is 15.2 Å². The quantitative estimate of drug-likeness (QED) is 0.865. The minimum absolute atomic E-state index is 0.339. The van der Waals surface area contributed by atoms with E-state index < -0.39 is 0 Å². The molecule has 1 saturated heterocycles. The number of nitrogens with zero attached hydrogens (tertiary/aromatic N) is 1. The zero-order chi connectivity index (χ0) is 12.7. The van der Waals surface area contributed by atoms with Gasteiger partial charge in [0.05, 0.1) is 0 Å². The maximum Gasteiger partial charge on any atom is 0.231 e. The Morgan fingerprint density at radius 2 is 2.22 bits per heavy atom. The Morgan fingerprint density at radius 1 is 1.39 bits per heavy atom. The summed E-state index contributed by atoms with van der Waals surface area (Å²) in [5.74, 6) is 2.38. The van der Waals surface area contributed by atoms with E-state index in [-0.39, 0.29) is 0 Å². The number of likely N-dealkylation sites (tertiary alicyclic amines) is 1. The van der Waals surface area contributed by atoms with Crippen molar-refractivity contribution in [2.24, 2.45) is 11.7 Å². The summed E-state index contributed by atoms with van der Waals surface area (Å²) >= 11 is 0. The van der Waals surface area contributed by atoms with Crippen molar-refractivity contribution in [2.45, 2.75) is 19.4 Å². The number of aryl methyl sites for hydroxylation is 1. The first-order valence-corrected chi connectivity index (χ1v) is 6.49. The fraction of sp³-hybridized carbons (Fsp3) is 0.571. The highest BCUT2D eigenvalue weighted by Gasteiger charge is 2.31. The van der Waals surface area contributed by atoms with Crippen molar-refractivity contribution in [1.82, 2.24) is 4.90 Å². The second kappa shape index (κ2) is 4.44. The number of hydrogen-bond donors (Lipinski definition) is 1. The minimum atomic E-state index is 0.339. The standard InChI is InChI=1S/C14H20N2O2/c1-9-3-11(5-13-14(9)18-8-17-13)12-4-10(6-15)7-16(12)2/h3,5,10,12H,4,6-8,15H2,1-2H3. The monoisotopic (exact) mass is 248 g/mol. The molecule has 2 aliphatic rings. The van der Waals surface area contributed by atoms with Gasteiger partial charge in [-0.2, -0.15) is 0 Å². The van der Waals surface area contributed by atoms with Gasteiger partial charge in [-0.1, -0.05) is 6.07 Å². The van der Waals surface area contributed by atoms with Crippen LogP contribution in [0.2, 0.25) is 0 Å². The molecule has 98 valence electrons. The fourth-order valence-corrected chi connectivity index (χ4v) is 3.07. The fourth-order valence-electron chi connectivity index (χ4n) is 3.07. The number of rotatable bonds is 2. The van der Waals surface area contributed by atoms with Crippen LogP contribution >= 0.6 is 0 Å². The molecule has 0 bridgehead atoms. The van der Waals surface area contributed by atoms with Gasteiger partial charge in [-0.15, -0.1) is 0 Å². The summed E-state index contributed by atoms with van der Waals surface area (Å²) in [5.41, 5.74) is 8.26. The summed E-state index contributed by atoms with van der Waals surface area (Å²) in [4.78, 5) is 2.38. The topological polar surface area (TPSA) is 47.7 Å². The molecule has 1 fully saturated rings. The predicted octanol–water partition coefficient (Wildman–Crippen LogP) is 1.68. The van der Waals surface area contributed by atoms with Crippen molar-refractivity contribution in [3.63, 3.8) is 0 Å². The van der Waals surface area contributed by atoms with Crippen molar-refractivity contribution in [2.75, 3.05) is 26.9 Å². The van der Waals surface area contributed by atoms with Crippen LogP contribution in [0.15, 0.2) is 12.1 Å². The molecule has 0 amide bonds. The molecule has 4 nitrogen and oxygen atoms in total. The molecule has 18 heavy (non-hydrogen) atoms. The molecule has 2 heterocycles. The molecule has 2 unspecified atom stereocenters. The van der Waals surface area contributed by atoms with Crippen LogP contribution in [0.1, 0.15) is 23.6 Å². The first kappa shape index (κ1) is 11.8. The van der Waals surface area contributed by atoms with Gasteiger partial charge in [-0.25, -0.2) is 0 Å². The van der Waals surface area contributed by atoms with Crippen LogP contribution in [0.25, 0.3) is 0 Å². The third-order valence-corrected chi connectivity index (χ3v) is 4.03. The lowest BCUT2D eigenvalue weighted by Crippen LogP contribution is -2.20. The Hall–Kier alpha value is -1.26. The second-order valence-corrected chi connectivity index (χ2v) is 5.36. The van der Waals surface area contributed by atoms with E-state index in [0.717, 1.165) is 36.6 Å². The highest BCUT2D eigenvalue weighted by atomic mass is 16.7. The third kappa shape index (κ3) is 1.85. The minimum Gasteiger partial charge on any atom is -0.454 e. The zero-order valence-electron chi connectivity index (χ0n) is 11.0. The van der Waals surface area contributed by atoms with Crippen molar-refractivity contribution < 1.29 is 9.47 Å². The van der Waals surface area contributed by atoms with Gasteiger partial charge in [-0.3, -0.25) is 4.90 Å². The summed E-state index contributed by atoms with van der Waals surface area (Å²) < 4.78 is 11.0. The molecule has 2 atom stereocenters. The maximum atomic E-state index is 5.79. The van der Waals surface area contributed by atoms with E-state index in [9.17, 15) is 0 Å². The van der Waals surface area contributed by atoms with Crippen LogP contribution in [-0.4, -0.2) is 31.8 Å². The van der Waals surface area contributed by atoms with E-state index in [0.29, 0.717) is 18.8 Å². The molecule has 0 aliphatic carbocycles. The number of ether oxygens (including phenoxy) is 2. The highest BCUT2D eigenvalue weighted by Crippen LogP contribution is 2.41. The van der Waals surface area contributed by atoms with Crippen LogP contribution in [0.4, 0.5) is 0 Å². The van der Waals surface area contributed by atoms with Crippen LogP contribution in [0.3, 0.4) is 0 Å². The first-order chi connectivity index (χ1) is 8.69. The third-order valence-electron chi connectivity index (χ3n) is 4.03. The number of benzene rings is 1. The molecule has 0 spiro atoms. The van der Waals surface area contributed by atoms with Crippen LogP contribution < -0.4 is 15.2 Å². The van der Waals surface area contributed by atoms with Crippen molar-refractivity contribution in [3.05, 3.63) is 23.3 Å². The van der Waals surface area contributed by atoms with Crippen LogP contribution in [-0.2, 0) is 0 Å². The lowest BCUT2D eigenvalue weighted by atomic mass is 9.98. The summed E-state index contributed by atoms with van der Waals surface area (Å²) in [6.07, 6.45) is 1.13. The van der Waals surface area contributed by atoms with E-state index in [1.807, 2.05) is 0 Å². The Morgan fingerprint density at radius 3 is 2.94 bits per heavy atom. The van der Waals surface area contributed by atoms with E-state index in [2.05, 4.69) is 31.0 Å². The summed E-state index contributed by atoms with van der Waals surface area (Å²) in [5, 5.41) is 0. The average molecular weight is 248 g/mol. The van der Waals surface area contributed by atoms with Crippen LogP contribution in [0, 0.1) is 12.8 Å². The molecule has 1 aromatic carbocycles. The van der Waals surface area contributed by atoms with Gasteiger partial charge in [-0.05, 0) is 50.0 Å². The van der Waals surface area contributed by atoms with Gasteiger partial charge in [0.1, 0.15) is 0 Å². The second-order valence-electron chi connectivity index (χ2n) is 5.36. The van der Waals surface area contributed by atoms with Crippen LogP contribution in [0.5, 0.6) is 11.5 Å². The van der Waals surface area contributed by atoms with Gasteiger partial charge >= 0.3 is 0 Å². The first-order valence-electron chi connectivity index (χ1n) is 6.49. The Bertz CT molecular complexity index is 461. The van der Waals surface area contributed by atoms with Gasteiger partial charge in [0, 0.05) is 12.6 Å². The number of fused-ring (bicyclic) bond motifs is 1. The largest absolute Gasteiger partial charge is 0.454 e. The molecular weight excluding hydrogens is 228 g/mol. The van der Waals surface area contributed by atoms with Crippen molar-refractivity contribution in [1.29, 1.82) is 0 Å². The Kier molecular flexibility index (Phi) is 2.92. The molecule has 2 N–H and O–H groups in total. The van der Waals surface area contributed by atoms with Crippen molar-refractivity contribution >= 4 is 0 Å². The van der Waals surface area contributed by atoms with Gasteiger partial charge in [0.25, 0.3) is 0 Å². The number of nitrogens with two attached hydrogens (primary N) is 1. The molecule has 2 aliphatic heterocycles. The van der Waals surface area contributed by atoms with E-state index >= 15 is 0 Å². The molecule has 3 rings (SSSR count). The predicted molar refractivity (Wildman–Crippen MR) is 69.8 cm³/mol. The summed E-state index contributed by atoms with van der Waals surface area (Å²) in [6.45, 7) is 4.26. The van der Waals surface area contributed by atoms with Crippen molar-refractivity contribution in [3.8, 4) is 11.5 Å². The summed E-state index contributed by atoms with van der Waals surface area (Å²) in [6, 6.07) is 4.79. The molecule has 0 radical (unpaired) electrons. The van der Waals surface area contributed by atoms with E-state index in [1.165, 1.54) is 5.56 Å². The summed E-state index contributed by atoms with van der Waals surface area (Å²) in [7, 11) is 2.17. The van der Waals surface area contributed by atoms with Gasteiger partial charge in [0.2, 0.25) is 6.79 Å². The molecule has 4 heteroatoms. The smallest absolute Gasteiger partial charge is 0.231 e. The molecule has 1 aromatic rings. The van der Waals surface area contributed by atoms with E-state index in [4.69, 9.17) is 15.2 Å². The maximum absolute atomic E-state index is 5.79. The average Bonchev–Trinajstić information content (AvgIpc) is 2.95. The normalized spacial score (nSPS) is 26.8. The lowest BCUT2D eigenvalue weighted by molar-refractivity contribution is 0.173. The SMILES string of the molecule is Cc1cc(C2CC(CN)CN2C)cc2c1OCO2. The van der Waals surface area contributed by atoms with Gasteiger partial charge in [0.15, 0.2) is 11.5 Å². The Balaban J connectivity index is 1.91. The zero-order valence-corrected chi connectivity index (χ0v) is 11.0. The molecular formula is C14H20N2O2. The number of hydrogen-bond acceptors (Lipinski definition) is 4. The van der Waals surface area contributed by atoms with E-state index in [1.54, 1.807) is 0 Å². The Labute approximate surface area is 108 Å². The molecule has 0 saturated carbocycles.